The lowest BCUT2D eigenvalue weighted by molar-refractivity contribution is -0.135. The van der Waals surface area contributed by atoms with Gasteiger partial charge in [-0.25, -0.2) is 9.50 Å². The van der Waals surface area contributed by atoms with Crippen molar-refractivity contribution in [1.29, 1.82) is 0 Å². The van der Waals surface area contributed by atoms with Gasteiger partial charge in [0.15, 0.2) is 5.82 Å². The fraction of sp³-hybridized carbons (Fsp3) is 0.371. The van der Waals surface area contributed by atoms with E-state index in [9.17, 15) is 14.4 Å². The maximum atomic E-state index is 13.6. The van der Waals surface area contributed by atoms with Gasteiger partial charge in [0.1, 0.15) is 17.4 Å². The molecular formula is C35H43N9O3. The lowest BCUT2D eigenvalue weighted by atomic mass is 9.92. The molecule has 1 aliphatic heterocycles. The van der Waals surface area contributed by atoms with Crippen molar-refractivity contribution in [3.8, 4) is 11.1 Å². The van der Waals surface area contributed by atoms with Crippen molar-refractivity contribution in [2.24, 2.45) is 16.6 Å². The highest BCUT2D eigenvalue weighted by Crippen LogP contribution is 2.37. The number of anilines is 2. The monoisotopic (exact) mass is 637 g/mol. The number of carbonyl (C=O) groups excluding carboxylic acids is 2. The van der Waals surface area contributed by atoms with E-state index in [1.54, 1.807) is 31.5 Å². The van der Waals surface area contributed by atoms with Gasteiger partial charge in [-0.05, 0) is 69.7 Å². The third kappa shape index (κ3) is 6.40. The van der Waals surface area contributed by atoms with Crippen molar-refractivity contribution < 1.29 is 9.59 Å². The Kier molecular flexibility index (Phi) is 9.59. The summed E-state index contributed by atoms with van der Waals surface area (Å²) in [6, 6.07) is 9.46. The Morgan fingerprint density at radius 2 is 1.79 bits per heavy atom. The van der Waals surface area contributed by atoms with E-state index in [0.29, 0.717) is 47.1 Å². The molecule has 3 aromatic heterocycles. The van der Waals surface area contributed by atoms with Crippen molar-refractivity contribution in [3.05, 3.63) is 87.9 Å². The fourth-order valence-corrected chi connectivity index (χ4v) is 6.38. The minimum atomic E-state index is -0.526. The second kappa shape index (κ2) is 13.6. The van der Waals surface area contributed by atoms with Gasteiger partial charge in [0.25, 0.3) is 5.91 Å². The number of nitrogens with one attached hydrogen (secondary N) is 1. The van der Waals surface area contributed by atoms with Crippen LogP contribution < -0.4 is 22.2 Å². The minimum absolute atomic E-state index is 0.00378. The van der Waals surface area contributed by atoms with Crippen LogP contribution in [0, 0.1) is 12.8 Å². The molecule has 0 radical (unpaired) electrons. The van der Waals surface area contributed by atoms with Crippen LogP contribution in [-0.2, 0) is 4.79 Å². The molecular weight excluding hydrogens is 594 g/mol. The number of amides is 2. The van der Waals surface area contributed by atoms with Gasteiger partial charge in [0.2, 0.25) is 11.3 Å². The van der Waals surface area contributed by atoms with Gasteiger partial charge in [-0.3, -0.25) is 19.4 Å². The number of carbonyl (C=O) groups is 2. The molecule has 0 spiro atoms. The van der Waals surface area contributed by atoms with Gasteiger partial charge in [0, 0.05) is 66.9 Å². The molecule has 246 valence electrons. The lowest BCUT2D eigenvalue weighted by Gasteiger charge is -2.33. The molecule has 12 nitrogen and oxygen atoms in total. The molecule has 1 aliphatic rings. The van der Waals surface area contributed by atoms with Crippen molar-refractivity contribution in [2.75, 3.05) is 31.2 Å². The minimum Gasteiger partial charge on any atom is -0.405 e. The second-order valence-corrected chi connectivity index (χ2v) is 12.5. The zero-order chi connectivity index (χ0) is 34.0. The van der Waals surface area contributed by atoms with Crippen LogP contribution in [0.2, 0.25) is 0 Å². The Hall–Kier alpha value is -5.26. The van der Waals surface area contributed by atoms with Crippen LogP contribution >= 0.6 is 0 Å². The number of nitrogen functional groups attached to an aromatic ring is 1. The van der Waals surface area contributed by atoms with Crippen LogP contribution in [0.5, 0.6) is 0 Å². The standard InChI is InChI=1S/C35H43N9O3/c1-20(2)35(47)42-15-12-24(13-16-42)29-17-26(31-33(37)39-19-40-44(29)31)23-7-9-25(10-8-23)41-34(46)27-18-43(21(3)4)22(5)30(32(27)45)28(38-6)11-14-36/h7-11,14,17-21,24H,12-13,15-16,36H2,1-6H3,(H,41,46)(H2,37,39,40). The van der Waals surface area contributed by atoms with Crippen LogP contribution in [-0.4, -0.2) is 61.7 Å². The van der Waals surface area contributed by atoms with E-state index in [4.69, 9.17) is 11.5 Å². The molecule has 4 heterocycles. The van der Waals surface area contributed by atoms with E-state index in [-0.39, 0.29) is 29.3 Å². The molecule has 4 aromatic rings. The number of fused-ring (bicyclic) bond motifs is 1. The zero-order valence-electron chi connectivity index (χ0n) is 27.8. The van der Waals surface area contributed by atoms with Crippen LogP contribution in [0.1, 0.15) is 79.8 Å². The van der Waals surface area contributed by atoms with E-state index in [2.05, 4.69) is 26.5 Å². The first-order chi connectivity index (χ1) is 22.5. The highest BCUT2D eigenvalue weighted by Gasteiger charge is 2.29. The molecule has 0 aliphatic carbocycles. The van der Waals surface area contributed by atoms with Gasteiger partial charge in [-0.2, -0.15) is 5.10 Å². The molecule has 0 atom stereocenters. The number of hydrogen-bond acceptors (Lipinski definition) is 8. The zero-order valence-corrected chi connectivity index (χ0v) is 27.8. The molecule has 5 rings (SSSR count). The summed E-state index contributed by atoms with van der Waals surface area (Å²) < 4.78 is 3.75. The summed E-state index contributed by atoms with van der Waals surface area (Å²) >= 11 is 0. The summed E-state index contributed by atoms with van der Waals surface area (Å²) in [7, 11) is 1.58. The van der Waals surface area contributed by atoms with Gasteiger partial charge in [-0.15, -0.1) is 0 Å². The number of piperidine rings is 1. The largest absolute Gasteiger partial charge is 0.405 e. The topological polar surface area (TPSA) is 166 Å². The van der Waals surface area contributed by atoms with E-state index in [1.165, 1.54) is 12.5 Å². The third-order valence-electron chi connectivity index (χ3n) is 8.82. The summed E-state index contributed by atoms with van der Waals surface area (Å²) in [5.41, 5.74) is 17.0. The van der Waals surface area contributed by atoms with Crippen LogP contribution in [0.25, 0.3) is 16.6 Å². The first-order valence-electron chi connectivity index (χ1n) is 15.9. The summed E-state index contributed by atoms with van der Waals surface area (Å²) in [6.07, 6.45) is 7.58. The molecule has 0 saturated carbocycles. The maximum absolute atomic E-state index is 13.6. The summed E-state index contributed by atoms with van der Waals surface area (Å²) in [5.74, 6) is 0.194. The van der Waals surface area contributed by atoms with Crippen molar-refractivity contribution in [3.63, 3.8) is 0 Å². The number of nitrogens with two attached hydrogens (primary N) is 2. The number of likely N-dealkylation sites (tertiary alicyclic amines) is 1. The molecule has 0 bridgehead atoms. The number of nitrogens with zero attached hydrogens (tertiary/aromatic N) is 6. The maximum Gasteiger partial charge on any atom is 0.261 e. The highest BCUT2D eigenvalue weighted by molar-refractivity contribution is 6.11. The Morgan fingerprint density at radius 3 is 2.38 bits per heavy atom. The predicted octanol–water partition coefficient (Wildman–Crippen LogP) is 4.54. The number of rotatable bonds is 8. The number of allylic oxidation sites excluding steroid dienone is 1. The van der Waals surface area contributed by atoms with Gasteiger partial charge < -0.3 is 26.3 Å². The van der Waals surface area contributed by atoms with Crippen LogP contribution in [0.3, 0.4) is 0 Å². The summed E-state index contributed by atoms with van der Waals surface area (Å²) in [6.45, 7) is 11.0. The average molecular weight is 638 g/mol. The van der Waals surface area contributed by atoms with Crippen LogP contribution in [0.4, 0.5) is 11.5 Å². The Bertz CT molecular complexity index is 1930. The Balaban J connectivity index is 1.44. The smallest absolute Gasteiger partial charge is 0.261 e. The van der Waals surface area contributed by atoms with Gasteiger partial charge in [-0.1, -0.05) is 26.0 Å². The molecule has 0 unspecified atom stereocenters. The second-order valence-electron chi connectivity index (χ2n) is 12.5. The van der Waals surface area contributed by atoms with E-state index in [1.807, 2.05) is 60.7 Å². The van der Waals surface area contributed by atoms with Crippen molar-refractivity contribution in [1.82, 2.24) is 24.1 Å². The van der Waals surface area contributed by atoms with E-state index < -0.39 is 11.3 Å². The number of hydrogen-bond donors (Lipinski definition) is 3. The molecule has 5 N–H and O–H groups in total. The number of benzene rings is 1. The first-order valence-corrected chi connectivity index (χ1v) is 15.9. The Labute approximate surface area is 274 Å². The van der Waals surface area contributed by atoms with Crippen molar-refractivity contribution in [2.45, 2.75) is 59.4 Å². The number of aromatic nitrogens is 4. The number of pyridine rings is 1. The molecule has 1 fully saturated rings. The quantitative estimate of drug-likeness (QED) is 0.239. The average Bonchev–Trinajstić information content (AvgIpc) is 3.45. The lowest BCUT2D eigenvalue weighted by Crippen LogP contribution is -2.40. The Morgan fingerprint density at radius 1 is 1.11 bits per heavy atom. The molecule has 1 saturated heterocycles. The SMILES string of the molecule is CN=C(C=CN)c1c(C)n(C(C)C)cc(C(=O)Nc2ccc(-c3cc(C4CCN(C(=O)C(C)C)CC4)n4ncnc(N)c34)cc2)c1=O. The normalized spacial score (nSPS) is 14.6. The van der Waals surface area contributed by atoms with E-state index in [0.717, 1.165) is 29.7 Å². The molecule has 47 heavy (non-hydrogen) atoms. The molecule has 1 aromatic carbocycles. The molecule has 12 heteroatoms. The summed E-state index contributed by atoms with van der Waals surface area (Å²) in [5, 5.41) is 7.43. The highest BCUT2D eigenvalue weighted by atomic mass is 16.2. The van der Waals surface area contributed by atoms with Gasteiger partial charge >= 0.3 is 0 Å². The number of aliphatic imine (C=N–C) groups is 1. The predicted molar refractivity (Wildman–Crippen MR) is 186 cm³/mol. The molecule has 2 amide bonds. The van der Waals surface area contributed by atoms with Gasteiger partial charge in [0.05, 0.1) is 11.3 Å². The van der Waals surface area contributed by atoms with E-state index >= 15 is 0 Å². The van der Waals surface area contributed by atoms with Crippen LogP contribution in [0.15, 0.2) is 64.9 Å². The third-order valence-corrected chi connectivity index (χ3v) is 8.82. The summed E-state index contributed by atoms with van der Waals surface area (Å²) in [4.78, 5) is 50.1. The first kappa shape index (κ1) is 33.1. The van der Waals surface area contributed by atoms with Crippen molar-refractivity contribution >= 4 is 34.5 Å². The fourth-order valence-electron chi connectivity index (χ4n) is 6.38.